The Bertz CT molecular complexity index is 623. The van der Waals surface area contributed by atoms with Gasteiger partial charge in [0.05, 0.1) is 4.47 Å². The Balaban J connectivity index is 2.22. The van der Waals surface area contributed by atoms with Crippen LogP contribution in [0.2, 0.25) is 0 Å². The number of nitrogens with zero attached hydrogens (tertiary/aromatic N) is 2. The van der Waals surface area contributed by atoms with Gasteiger partial charge in [-0.05, 0) is 28.1 Å². The summed E-state index contributed by atoms with van der Waals surface area (Å²) < 4.78 is 6.71. The number of para-hydroxylation sites is 1. The van der Waals surface area contributed by atoms with Crippen LogP contribution < -0.4 is 4.74 Å². The molecule has 96 valence electrons. The molecule has 0 aliphatic carbocycles. The van der Waals surface area contributed by atoms with Crippen LogP contribution in [0.3, 0.4) is 0 Å². The van der Waals surface area contributed by atoms with Gasteiger partial charge in [-0.15, -0.1) is 0 Å². The number of aromatic nitrogens is 1. The first-order chi connectivity index (χ1) is 9.26. The highest BCUT2D eigenvalue weighted by molar-refractivity contribution is 9.10. The zero-order chi connectivity index (χ0) is 13.7. The van der Waals surface area contributed by atoms with Gasteiger partial charge < -0.3 is 4.74 Å². The summed E-state index contributed by atoms with van der Waals surface area (Å²) in [6.45, 7) is 0.319. The minimum absolute atomic E-state index is 0.319. The van der Waals surface area contributed by atoms with Crippen molar-refractivity contribution in [3.8, 4) is 11.8 Å². The fourth-order valence-electron chi connectivity index (χ4n) is 1.63. The second kappa shape index (κ2) is 6.69. The minimum atomic E-state index is 0.319. The number of pyridine rings is 1. The van der Waals surface area contributed by atoms with Gasteiger partial charge in [-0.1, -0.05) is 34.1 Å². The molecule has 0 saturated heterocycles. The molecule has 0 unspecified atom stereocenters. The topological polar surface area (TPSA) is 45.9 Å². The Kier molecular flexibility index (Phi) is 4.94. The van der Waals surface area contributed by atoms with Gasteiger partial charge in [-0.25, -0.2) is 4.98 Å². The molecule has 1 aromatic heterocycles. The molecule has 2 rings (SSSR count). The van der Waals surface area contributed by atoms with Crippen molar-refractivity contribution in [2.24, 2.45) is 0 Å². The largest absolute Gasteiger partial charge is 0.487 e. The zero-order valence-corrected chi connectivity index (χ0v) is 13.1. The highest BCUT2D eigenvalue weighted by Gasteiger charge is 2.09. The lowest BCUT2D eigenvalue weighted by Crippen LogP contribution is -2.02. The predicted molar refractivity (Wildman–Crippen MR) is 80.1 cm³/mol. The van der Waals surface area contributed by atoms with Crippen LogP contribution in [0.5, 0.6) is 5.75 Å². The van der Waals surface area contributed by atoms with E-state index < -0.39 is 0 Å². The Hall–Kier alpha value is -1.38. The Morgan fingerprint density at radius 1 is 1.21 bits per heavy atom. The maximum Gasteiger partial charge on any atom is 0.147 e. The van der Waals surface area contributed by atoms with Crippen LogP contribution in [0.15, 0.2) is 41.0 Å². The van der Waals surface area contributed by atoms with E-state index in [1.165, 1.54) is 0 Å². The second-order valence-corrected chi connectivity index (χ2v) is 5.19. The molecule has 1 heterocycles. The molecule has 2 aromatic rings. The van der Waals surface area contributed by atoms with Crippen LogP contribution in [0.4, 0.5) is 0 Å². The second-order valence-electron chi connectivity index (χ2n) is 3.77. The van der Waals surface area contributed by atoms with Gasteiger partial charge in [-0.3, -0.25) is 0 Å². The van der Waals surface area contributed by atoms with Crippen LogP contribution in [0.1, 0.15) is 16.8 Å². The summed E-state index contributed by atoms with van der Waals surface area (Å²) in [5.74, 6) is 0.784. The van der Waals surface area contributed by atoms with E-state index in [-0.39, 0.29) is 0 Å². The molecule has 19 heavy (non-hydrogen) atoms. The number of nitriles is 1. The van der Waals surface area contributed by atoms with Crippen molar-refractivity contribution in [1.29, 1.82) is 5.26 Å². The van der Waals surface area contributed by atoms with Gasteiger partial charge in [0.15, 0.2) is 0 Å². The molecule has 0 fully saturated rings. The molecule has 3 nitrogen and oxygen atoms in total. The summed E-state index contributed by atoms with van der Waals surface area (Å²) in [6, 6.07) is 11.6. The quantitative estimate of drug-likeness (QED) is 0.746. The molecule has 0 radical (unpaired) electrons. The summed E-state index contributed by atoms with van der Waals surface area (Å²) in [4.78, 5) is 4.01. The van der Waals surface area contributed by atoms with E-state index in [0.29, 0.717) is 17.6 Å². The van der Waals surface area contributed by atoms with Crippen molar-refractivity contribution < 1.29 is 4.74 Å². The van der Waals surface area contributed by atoms with Crippen LogP contribution in [0, 0.1) is 11.3 Å². The molecule has 5 heteroatoms. The number of benzene rings is 1. The lowest BCUT2D eigenvalue weighted by atomic mass is 10.2. The average Bonchev–Trinajstić information content (AvgIpc) is 2.46. The number of halogens is 2. The Morgan fingerprint density at radius 2 is 2.00 bits per heavy atom. The Labute approximate surface area is 128 Å². The van der Waals surface area contributed by atoms with Crippen molar-refractivity contribution in [3.05, 3.63) is 57.8 Å². The van der Waals surface area contributed by atoms with Crippen molar-refractivity contribution in [1.82, 2.24) is 4.98 Å². The summed E-state index contributed by atoms with van der Waals surface area (Å²) in [7, 11) is 0. The van der Waals surface area contributed by atoms with Crippen LogP contribution in [-0.4, -0.2) is 4.98 Å². The lowest BCUT2D eigenvalue weighted by molar-refractivity contribution is 0.301. The van der Waals surface area contributed by atoms with Gasteiger partial charge in [0.2, 0.25) is 0 Å². The van der Waals surface area contributed by atoms with E-state index in [9.17, 15) is 0 Å². The number of rotatable bonds is 4. The number of hydrogen-bond donors (Lipinski definition) is 0. The summed E-state index contributed by atoms with van der Waals surface area (Å²) in [6.07, 6.45) is 1.60. The predicted octanol–water partition coefficient (Wildman–Crippen LogP) is 4.19. The standard InChI is InChI=1S/C14H10Br2N2O/c15-7-10-3-1-5-12(16)14(10)19-9-11-4-2-6-18-13(11)8-17/h1-6H,7,9H2. The van der Waals surface area contributed by atoms with Crippen LogP contribution in [-0.2, 0) is 11.9 Å². The first kappa shape index (κ1) is 14.0. The minimum Gasteiger partial charge on any atom is -0.487 e. The number of hydrogen-bond acceptors (Lipinski definition) is 3. The number of ether oxygens (including phenoxy) is 1. The monoisotopic (exact) mass is 380 g/mol. The summed E-state index contributed by atoms with van der Waals surface area (Å²) in [5.41, 5.74) is 2.23. The van der Waals surface area contributed by atoms with Gasteiger partial charge >= 0.3 is 0 Å². The summed E-state index contributed by atoms with van der Waals surface area (Å²) in [5, 5.41) is 9.69. The molecule has 0 saturated carbocycles. The molecule has 0 aliphatic rings. The van der Waals surface area contributed by atoms with E-state index in [0.717, 1.165) is 21.3 Å². The molecule has 0 bridgehead atoms. The SMILES string of the molecule is N#Cc1ncccc1COc1c(Br)cccc1CBr. The van der Waals surface area contributed by atoms with E-state index in [1.807, 2.05) is 24.3 Å². The smallest absolute Gasteiger partial charge is 0.147 e. The maximum atomic E-state index is 8.99. The number of alkyl halides is 1. The zero-order valence-electron chi connectivity index (χ0n) is 9.94. The third-order valence-corrected chi connectivity index (χ3v) is 3.79. The van der Waals surface area contributed by atoms with Crippen molar-refractivity contribution in [3.63, 3.8) is 0 Å². The first-order valence-electron chi connectivity index (χ1n) is 5.56. The molecule has 0 aliphatic heterocycles. The van der Waals surface area contributed by atoms with Crippen molar-refractivity contribution in [2.45, 2.75) is 11.9 Å². The van der Waals surface area contributed by atoms with Crippen molar-refractivity contribution >= 4 is 31.9 Å². The van der Waals surface area contributed by atoms with E-state index in [4.69, 9.17) is 10.00 Å². The lowest BCUT2D eigenvalue weighted by Gasteiger charge is -2.12. The average molecular weight is 382 g/mol. The van der Waals surface area contributed by atoms with E-state index >= 15 is 0 Å². The molecule has 0 spiro atoms. The van der Waals surface area contributed by atoms with Crippen molar-refractivity contribution in [2.75, 3.05) is 0 Å². The normalized spacial score (nSPS) is 9.95. The fraction of sp³-hybridized carbons (Fsp3) is 0.143. The fourth-order valence-corrected chi connectivity index (χ4v) is 2.59. The van der Waals surface area contributed by atoms with Crippen LogP contribution in [0.25, 0.3) is 0 Å². The van der Waals surface area contributed by atoms with E-state index in [1.54, 1.807) is 12.3 Å². The van der Waals surface area contributed by atoms with E-state index in [2.05, 4.69) is 42.9 Å². The van der Waals surface area contributed by atoms with Gasteiger partial charge in [-0.2, -0.15) is 5.26 Å². The third kappa shape index (κ3) is 3.34. The molecular formula is C14H10Br2N2O. The molecule has 0 amide bonds. The third-order valence-electron chi connectivity index (χ3n) is 2.56. The maximum absolute atomic E-state index is 8.99. The highest BCUT2D eigenvalue weighted by Crippen LogP contribution is 2.31. The highest BCUT2D eigenvalue weighted by atomic mass is 79.9. The van der Waals surface area contributed by atoms with Crippen LogP contribution >= 0.6 is 31.9 Å². The molecular weight excluding hydrogens is 372 g/mol. The Morgan fingerprint density at radius 3 is 2.74 bits per heavy atom. The first-order valence-corrected chi connectivity index (χ1v) is 7.48. The van der Waals surface area contributed by atoms with Gasteiger partial charge in [0, 0.05) is 22.7 Å². The molecule has 0 atom stereocenters. The van der Waals surface area contributed by atoms with Gasteiger partial charge in [0.1, 0.15) is 24.1 Å². The molecule has 0 N–H and O–H groups in total. The molecule has 1 aromatic carbocycles. The summed E-state index contributed by atoms with van der Waals surface area (Å²) >= 11 is 6.90. The van der Waals surface area contributed by atoms with Gasteiger partial charge in [0.25, 0.3) is 0 Å².